The molecule has 0 aliphatic rings. The Balaban J connectivity index is 3.35. The summed E-state index contributed by atoms with van der Waals surface area (Å²) in [7, 11) is 0. The fraction of sp³-hybridized carbons (Fsp3) is 1.00. The normalized spacial score (nSPS) is 13.5. The topological polar surface area (TPSA) is 123 Å². The lowest BCUT2D eigenvalue weighted by atomic mass is 10.5. The van der Waals surface area contributed by atoms with Crippen molar-refractivity contribution in [1.82, 2.24) is 0 Å². The average Bonchev–Trinajstić information content (AvgIpc) is 1.76. The molecule has 0 spiro atoms. The highest BCUT2D eigenvalue weighted by Crippen LogP contribution is 1.94. The standard InChI is InChI=1S/C6H18N4O2/c1-5(7,8)11-3-4-12-6(2,9)10/h3-4,7-10H2,1-2H3. The van der Waals surface area contributed by atoms with E-state index in [0.29, 0.717) is 0 Å². The first-order valence-corrected chi connectivity index (χ1v) is 3.64. The van der Waals surface area contributed by atoms with Crippen LogP contribution in [0.2, 0.25) is 0 Å². The molecule has 0 aromatic rings. The summed E-state index contributed by atoms with van der Waals surface area (Å²) in [5, 5.41) is 0. The summed E-state index contributed by atoms with van der Waals surface area (Å²) >= 11 is 0. The van der Waals surface area contributed by atoms with Gasteiger partial charge in [-0.15, -0.1) is 0 Å². The molecule has 0 saturated heterocycles. The third-order valence-electron chi connectivity index (χ3n) is 0.909. The van der Waals surface area contributed by atoms with Gasteiger partial charge in [-0.3, -0.25) is 22.9 Å². The Kier molecular flexibility index (Phi) is 4.04. The van der Waals surface area contributed by atoms with Crippen molar-refractivity contribution >= 4 is 0 Å². The molecule has 0 aromatic heterocycles. The average molecular weight is 178 g/mol. The summed E-state index contributed by atoms with van der Waals surface area (Å²) < 4.78 is 9.89. The quantitative estimate of drug-likeness (QED) is 0.291. The monoisotopic (exact) mass is 178 g/mol. The SMILES string of the molecule is CC(N)(N)OCCOC(C)(N)N. The Hall–Kier alpha value is -0.240. The van der Waals surface area contributed by atoms with E-state index in [1.807, 2.05) is 0 Å². The van der Waals surface area contributed by atoms with E-state index in [2.05, 4.69) is 0 Å². The van der Waals surface area contributed by atoms with Crippen molar-refractivity contribution < 1.29 is 9.47 Å². The van der Waals surface area contributed by atoms with Gasteiger partial charge in [-0.2, -0.15) is 0 Å². The van der Waals surface area contributed by atoms with Crippen molar-refractivity contribution in [2.75, 3.05) is 13.2 Å². The molecule has 0 heterocycles. The van der Waals surface area contributed by atoms with E-state index in [1.54, 1.807) is 0 Å². The van der Waals surface area contributed by atoms with Crippen molar-refractivity contribution in [1.29, 1.82) is 0 Å². The van der Waals surface area contributed by atoms with E-state index in [1.165, 1.54) is 13.8 Å². The molecule has 0 atom stereocenters. The highest BCUT2D eigenvalue weighted by molar-refractivity contribution is 4.56. The third kappa shape index (κ3) is 9.76. The van der Waals surface area contributed by atoms with E-state index in [0.717, 1.165) is 0 Å². The van der Waals surface area contributed by atoms with Crippen LogP contribution in [0, 0.1) is 0 Å². The zero-order chi connectivity index (χ0) is 9.83. The molecule has 6 heteroatoms. The Morgan fingerprint density at radius 1 is 0.833 bits per heavy atom. The lowest BCUT2D eigenvalue weighted by molar-refractivity contribution is -0.0883. The van der Waals surface area contributed by atoms with E-state index in [4.69, 9.17) is 32.4 Å². The number of hydrogen-bond acceptors (Lipinski definition) is 6. The second-order valence-electron chi connectivity index (χ2n) is 3.06. The van der Waals surface area contributed by atoms with Gasteiger partial charge < -0.3 is 9.47 Å². The van der Waals surface area contributed by atoms with Crippen LogP contribution < -0.4 is 22.9 Å². The molecule has 0 fully saturated rings. The van der Waals surface area contributed by atoms with Gasteiger partial charge in [-0.05, 0) is 13.8 Å². The maximum atomic E-state index is 5.32. The van der Waals surface area contributed by atoms with Gasteiger partial charge in [-0.1, -0.05) is 0 Å². The predicted octanol–water partition coefficient (Wildman–Crippen LogP) is -1.80. The molecule has 74 valence electrons. The number of hydrogen-bond donors (Lipinski definition) is 4. The summed E-state index contributed by atoms with van der Waals surface area (Å²) in [6.07, 6.45) is 0. The van der Waals surface area contributed by atoms with Crippen molar-refractivity contribution in [3.05, 3.63) is 0 Å². The molecule has 0 aromatic carbocycles. The smallest absolute Gasteiger partial charge is 0.166 e. The minimum absolute atomic E-state index is 0.257. The molecular formula is C6H18N4O2. The summed E-state index contributed by atoms with van der Waals surface area (Å²) in [5.74, 6) is -2.27. The molecule has 12 heavy (non-hydrogen) atoms. The number of rotatable bonds is 5. The summed E-state index contributed by atoms with van der Waals surface area (Å²) in [6.45, 7) is 3.59. The lowest BCUT2D eigenvalue weighted by Gasteiger charge is -2.22. The van der Waals surface area contributed by atoms with Crippen molar-refractivity contribution in [3.8, 4) is 0 Å². The van der Waals surface area contributed by atoms with Crippen LogP contribution >= 0.6 is 0 Å². The first kappa shape index (κ1) is 11.8. The molecule has 0 saturated carbocycles. The summed E-state index contributed by atoms with van der Waals surface area (Å²) in [5.41, 5.74) is 21.3. The summed E-state index contributed by atoms with van der Waals surface area (Å²) in [4.78, 5) is 0. The maximum absolute atomic E-state index is 5.32. The van der Waals surface area contributed by atoms with Gasteiger partial charge in [0.1, 0.15) is 0 Å². The summed E-state index contributed by atoms with van der Waals surface area (Å²) in [6, 6.07) is 0. The predicted molar refractivity (Wildman–Crippen MR) is 45.5 cm³/mol. The molecule has 0 amide bonds. The van der Waals surface area contributed by atoms with Gasteiger partial charge in [0, 0.05) is 0 Å². The number of ether oxygens (including phenoxy) is 2. The Morgan fingerprint density at radius 3 is 1.25 bits per heavy atom. The molecule has 0 unspecified atom stereocenters. The minimum atomic E-state index is -1.14. The first-order chi connectivity index (χ1) is 5.21. The highest BCUT2D eigenvalue weighted by atomic mass is 16.6. The van der Waals surface area contributed by atoms with Gasteiger partial charge in [0.25, 0.3) is 0 Å². The van der Waals surface area contributed by atoms with Crippen LogP contribution in [0.1, 0.15) is 13.8 Å². The second-order valence-corrected chi connectivity index (χ2v) is 3.06. The van der Waals surface area contributed by atoms with E-state index >= 15 is 0 Å². The fourth-order valence-corrected chi connectivity index (χ4v) is 0.523. The zero-order valence-corrected chi connectivity index (χ0v) is 7.54. The largest absolute Gasteiger partial charge is 0.346 e. The van der Waals surface area contributed by atoms with E-state index < -0.39 is 11.7 Å². The van der Waals surface area contributed by atoms with Crippen LogP contribution in [0.3, 0.4) is 0 Å². The van der Waals surface area contributed by atoms with Gasteiger partial charge >= 0.3 is 0 Å². The molecule has 0 aliphatic carbocycles. The van der Waals surface area contributed by atoms with Crippen LogP contribution in [-0.2, 0) is 9.47 Å². The molecule has 0 bridgehead atoms. The van der Waals surface area contributed by atoms with Crippen LogP contribution in [0.25, 0.3) is 0 Å². The van der Waals surface area contributed by atoms with Gasteiger partial charge in [-0.25, -0.2) is 0 Å². The Bertz CT molecular complexity index is 110. The fourth-order valence-electron chi connectivity index (χ4n) is 0.523. The first-order valence-electron chi connectivity index (χ1n) is 3.64. The van der Waals surface area contributed by atoms with Gasteiger partial charge in [0.15, 0.2) is 11.7 Å². The van der Waals surface area contributed by atoms with Crippen molar-refractivity contribution in [2.45, 2.75) is 25.5 Å². The zero-order valence-electron chi connectivity index (χ0n) is 7.54. The molecule has 0 radical (unpaired) electrons. The van der Waals surface area contributed by atoms with Crippen molar-refractivity contribution in [2.24, 2.45) is 22.9 Å². The van der Waals surface area contributed by atoms with Crippen molar-refractivity contribution in [3.63, 3.8) is 0 Å². The minimum Gasteiger partial charge on any atom is -0.346 e. The van der Waals surface area contributed by atoms with Crippen LogP contribution in [0.5, 0.6) is 0 Å². The van der Waals surface area contributed by atoms with Gasteiger partial charge in [0.05, 0.1) is 13.2 Å². The second kappa shape index (κ2) is 4.13. The molecule has 8 N–H and O–H groups in total. The highest BCUT2D eigenvalue weighted by Gasteiger charge is 2.13. The van der Waals surface area contributed by atoms with Gasteiger partial charge in [0.2, 0.25) is 0 Å². The Morgan fingerprint density at radius 2 is 1.08 bits per heavy atom. The molecule has 0 rings (SSSR count). The number of nitrogens with two attached hydrogens (primary N) is 4. The molecule has 0 aliphatic heterocycles. The Labute approximate surface area is 72.2 Å². The van der Waals surface area contributed by atoms with E-state index in [-0.39, 0.29) is 13.2 Å². The van der Waals surface area contributed by atoms with Crippen LogP contribution in [0.4, 0.5) is 0 Å². The molecular weight excluding hydrogens is 160 g/mol. The van der Waals surface area contributed by atoms with Crippen LogP contribution in [0.15, 0.2) is 0 Å². The molecule has 6 nitrogen and oxygen atoms in total. The lowest BCUT2D eigenvalue weighted by Crippen LogP contribution is -2.51. The van der Waals surface area contributed by atoms with E-state index in [9.17, 15) is 0 Å². The van der Waals surface area contributed by atoms with Crippen LogP contribution in [-0.4, -0.2) is 24.9 Å². The third-order valence-corrected chi connectivity index (χ3v) is 0.909. The maximum Gasteiger partial charge on any atom is 0.166 e.